The first kappa shape index (κ1) is 20.1. The third-order valence-corrected chi connectivity index (χ3v) is 5.18. The van der Waals surface area contributed by atoms with Crippen molar-refractivity contribution in [1.29, 1.82) is 0 Å². The van der Waals surface area contributed by atoms with E-state index in [0.717, 1.165) is 23.7 Å². The molecule has 0 fully saturated rings. The maximum absolute atomic E-state index is 11.6. The first-order valence-corrected chi connectivity index (χ1v) is 10.1. The molecule has 0 spiro atoms. The Labute approximate surface area is 168 Å². The van der Waals surface area contributed by atoms with Crippen molar-refractivity contribution in [3.05, 3.63) is 70.3 Å². The Morgan fingerprint density at radius 1 is 1.21 bits per heavy atom. The van der Waals surface area contributed by atoms with E-state index < -0.39 is 0 Å². The molecule has 1 atom stereocenters. The molecule has 0 saturated carbocycles. The van der Waals surface area contributed by atoms with Crippen LogP contribution in [0.15, 0.2) is 58.4 Å². The van der Waals surface area contributed by atoms with E-state index in [1.807, 2.05) is 12.1 Å². The molecule has 3 aromatic rings. The molecule has 0 aliphatic carbocycles. The summed E-state index contributed by atoms with van der Waals surface area (Å²) in [7, 11) is 1.72. The van der Waals surface area contributed by atoms with E-state index in [1.165, 1.54) is 16.5 Å². The molecule has 0 bridgehead atoms. The molecule has 2 aromatic heterocycles. The van der Waals surface area contributed by atoms with Gasteiger partial charge >= 0.3 is 0 Å². The number of hydrogen-bond acceptors (Lipinski definition) is 6. The number of hydrogen-bond donors (Lipinski definition) is 2. The Balaban J connectivity index is 1.64. The number of nitrogens with zero attached hydrogens (tertiary/aromatic N) is 2. The molecule has 2 N–H and O–H groups in total. The Kier molecular flexibility index (Phi) is 6.84. The van der Waals surface area contributed by atoms with E-state index in [-0.39, 0.29) is 11.6 Å². The molecule has 0 radical (unpaired) electrons. The highest BCUT2D eigenvalue weighted by Crippen LogP contribution is 2.23. The Hall–Kier alpha value is -2.64. The minimum absolute atomic E-state index is 0.119. The zero-order chi connectivity index (χ0) is 19.9. The van der Waals surface area contributed by atoms with Crippen molar-refractivity contribution in [2.75, 3.05) is 24.8 Å². The van der Waals surface area contributed by atoms with Crippen LogP contribution in [0.25, 0.3) is 11.4 Å². The number of benzene rings is 1. The fourth-order valence-corrected chi connectivity index (χ4v) is 3.55. The summed E-state index contributed by atoms with van der Waals surface area (Å²) < 4.78 is 5.08. The van der Waals surface area contributed by atoms with E-state index in [4.69, 9.17) is 4.74 Å². The summed E-state index contributed by atoms with van der Waals surface area (Å²) in [5.41, 5.74) is 2.48. The fourth-order valence-electron chi connectivity index (χ4n) is 2.74. The van der Waals surface area contributed by atoms with Gasteiger partial charge in [-0.1, -0.05) is 12.1 Å². The number of rotatable bonds is 8. The van der Waals surface area contributed by atoms with Gasteiger partial charge in [-0.05, 0) is 43.7 Å². The molecule has 0 aliphatic heterocycles. The number of aromatic amines is 1. The molecule has 1 aromatic carbocycles. The molecule has 7 heteroatoms. The van der Waals surface area contributed by atoms with Crippen molar-refractivity contribution in [3.63, 3.8) is 0 Å². The SMILES string of the molecule is COCCSc1ccc(C(C)Nc2ccc(-c3nc(C)cc(=O)[nH]3)cn2)cc1. The number of nitrogens with one attached hydrogen (secondary N) is 2. The molecule has 28 heavy (non-hydrogen) atoms. The summed E-state index contributed by atoms with van der Waals surface area (Å²) >= 11 is 1.78. The zero-order valence-corrected chi connectivity index (χ0v) is 17.0. The highest BCUT2D eigenvalue weighted by atomic mass is 32.2. The van der Waals surface area contributed by atoms with Gasteiger partial charge in [-0.25, -0.2) is 9.97 Å². The summed E-state index contributed by atoms with van der Waals surface area (Å²) in [6, 6.07) is 13.9. The predicted octanol–water partition coefficient (Wildman–Crippen LogP) is 4.05. The van der Waals surface area contributed by atoms with Crippen LogP contribution in [0.3, 0.4) is 0 Å². The lowest BCUT2D eigenvalue weighted by Crippen LogP contribution is -2.09. The van der Waals surface area contributed by atoms with E-state index >= 15 is 0 Å². The third kappa shape index (κ3) is 5.43. The van der Waals surface area contributed by atoms with Crippen molar-refractivity contribution in [2.24, 2.45) is 0 Å². The number of ether oxygens (including phenoxy) is 1. The van der Waals surface area contributed by atoms with Crippen LogP contribution in [0.4, 0.5) is 5.82 Å². The Bertz CT molecular complexity index is 955. The standard InChI is InChI=1S/C21H24N4O2S/c1-14-12-20(26)25-21(23-14)17-6-9-19(22-13-17)24-15(2)16-4-7-18(8-5-16)28-11-10-27-3/h4-9,12-13,15H,10-11H2,1-3H3,(H,22,24)(H,23,25,26). The van der Waals surface area contributed by atoms with Crippen LogP contribution in [0.2, 0.25) is 0 Å². The van der Waals surface area contributed by atoms with Crippen molar-refractivity contribution in [3.8, 4) is 11.4 Å². The molecule has 1 unspecified atom stereocenters. The van der Waals surface area contributed by atoms with E-state index in [0.29, 0.717) is 11.5 Å². The summed E-state index contributed by atoms with van der Waals surface area (Å²) in [5, 5.41) is 3.40. The van der Waals surface area contributed by atoms with Crippen LogP contribution < -0.4 is 10.9 Å². The van der Waals surface area contributed by atoms with Crippen molar-refractivity contribution < 1.29 is 4.74 Å². The average molecular weight is 397 g/mol. The van der Waals surface area contributed by atoms with Crippen molar-refractivity contribution in [2.45, 2.75) is 24.8 Å². The van der Waals surface area contributed by atoms with Crippen LogP contribution in [0, 0.1) is 6.92 Å². The first-order chi connectivity index (χ1) is 13.5. The molecule has 2 heterocycles. The lowest BCUT2D eigenvalue weighted by atomic mass is 10.1. The van der Waals surface area contributed by atoms with Gasteiger partial charge in [-0.3, -0.25) is 4.79 Å². The molecule has 0 saturated heterocycles. The summed E-state index contributed by atoms with van der Waals surface area (Å²) in [4.78, 5) is 24.4. The smallest absolute Gasteiger partial charge is 0.251 e. The van der Waals surface area contributed by atoms with E-state index in [9.17, 15) is 4.79 Å². The molecule has 3 rings (SSSR count). The van der Waals surface area contributed by atoms with E-state index in [1.54, 1.807) is 32.0 Å². The van der Waals surface area contributed by atoms with Crippen molar-refractivity contribution >= 4 is 17.6 Å². The lowest BCUT2D eigenvalue weighted by Gasteiger charge is -2.15. The van der Waals surface area contributed by atoms with Gasteiger partial charge in [-0.15, -0.1) is 11.8 Å². The van der Waals surface area contributed by atoms with Crippen LogP contribution in [0.5, 0.6) is 0 Å². The minimum atomic E-state index is -0.165. The maximum atomic E-state index is 11.6. The van der Waals surface area contributed by atoms with Gasteiger partial charge in [0.2, 0.25) is 0 Å². The van der Waals surface area contributed by atoms with Gasteiger partial charge in [0.25, 0.3) is 5.56 Å². The zero-order valence-electron chi connectivity index (χ0n) is 16.2. The lowest BCUT2D eigenvalue weighted by molar-refractivity contribution is 0.218. The molecule has 0 amide bonds. The Morgan fingerprint density at radius 2 is 2.00 bits per heavy atom. The predicted molar refractivity (Wildman–Crippen MR) is 114 cm³/mol. The second kappa shape index (κ2) is 9.52. The van der Waals surface area contributed by atoms with Gasteiger partial charge in [0, 0.05) is 47.3 Å². The number of anilines is 1. The van der Waals surface area contributed by atoms with Crippen LogP contribution in [-0.2, 0) is 4.74 Å². The maximum Gasteiger partial charge on any atom is 0.251 e. The summed E-state index contributed by atoms with van der Waals surface area (Å²) in [5.74, 6) is 2.24. The number of pyridine rings is 1. The minimum Gasteiger partial charge on any atom is -0.384 e. The number of methoxy groups -OCH3 is 1. The highest BCUT2D eigenvalue weighted by Gasteiger charge is 2.08. The number of aryl methyl sites for hydroxylation is 1. The third-order valence-electron chi connectivity index (χ3n) is 4.21. The summed E-state index contributed by atoms with van der Waals surface area (Å²) in [6.07, 6.45) is 1.71. The monoisotopic (exact) mass is 396 g/mol. The van der Waals surface area contributed by atoms with Crippen LogP contribution in [0.1, 0.15) is 24.2 Å². The topological polar surface area (TPSA) is 79.9 Å². The number of aromatic nitrogens is 3. The molecule has 6 nitrogen and oxygen atoms in total. The second-order valence-electron chi connectivity index (χ2n) is 6.44. The molecular formula is C21H24N4O2S. The average Bonchev–Trinajstić information content (AvgIpc) is 2.68. The van der Waals surface area contributed by atoms with Gasteiger partial charge in [-0.2, -0.15) is 0 Å². The molecule has 0 aliphatic rings. The number of thioether (sulfide) groups is 1. The molecule has 146 valence electrons. The van der Waals surface area contributed by atoms with Gasteiger partial charge in [0.1, 0.15) is 11.6 Å². The first-order valence-electron chi connectivity index (χ1n) is 9.08. The van der Waals surface area contributed by atoms with Gasteiger partial charge in [0.15, 0.2) is 0 Å². The van der Waals surface area contributed by atoms with E-state index in [2.05, 4.69) is 51.5 Å². The van der Waals surface area contributed by atoms with Crippen LogP contribution in [-0.4, -0.2) is 34.4 Å². The highest BCUT2D eigenvalue weighted by molar-refractivity contribution is 7.99. The quantitative estimate of drug-likeness (QED) is 0.442. The Morgan fingerprint density at radius 3 is 2.64 bits per heavy atom. The van der Waals surface area contributed by atoms with Crippen LogP contribution >= 0.6 is 11.8 Å². The number of H-pyrrole nitrogens is 1. The van der Waals surface area contributed by atoms with Gasteiger partial charge < -0.3 is 15.0 Å². The molecular weight excluding hydrogens is 372 g/mol. The van der Waals surface area contributed by atoms with Crippen molar-refractivity contribution in [1.82, 2.24) is 15.0 Å². The second-order valence-corrected chi connectivity index (χ2v) is 7.61. The normalized spacial score (nSPS) is 12.0. The fraction of sp³-hybridized carbons (Fsp3) is 0.286. The summed E-state index contributed by atoms with van der Waals surface area (Å²) in [6.45, 7) is 4.64. The van der Waals surface area contributed by atoms with Gasteiger partial charge in [0.05, 0.1) is 6.61 Å². The largest absolute Gasteiger partial charge is 0.384 e.